The first-order chi connectivity index (χ1) is 39.2. The van der Waals surface area contributed by atoms with Gasteiger partial charge in [0.05, 0.1) is 99.1 Å². The molecule has 0 aliphatic rings. The van der Waals surface area contributed by atoms with Crippen LogP contribution in [0.2, 0.25) is 0 Å². The van der Waals surface area contributed by atoms with Crippen LogP contribution in [0.3, 0.4) is 0 Å². The quantitative estimate of drug-likeness (QED) is 0.0247. The van der Waals surface area contributed by atoms with E-state index in [-0.39, 0.29) is 17.1 Å². The minimum atomic E-state index is -1.27. The van der Waals surface area contributed by atoms with Gasteiger partial charge in [0.1, 0.15) is 0 Å². The molecule has 0 saturated carbocycles. The van der Waals surface area contributed by atoms with Crippen LogP contribution in [0, 0.1) is 0 Å². The van der Waals surface area contributed by atoms with Gasteiger partial charge in [-0.2, -0.15) is 0 Å². The minimum absolute atomic E-state index is 0. The third kappa shape index (κ3) is 92.9. The van der Waals surface area contributed by atoms with E-state index >= 15 is 0 Å². The molecule has 498 valence electrons. The van der Waals surface area contributed by atoms with Gasteiger partial charge in [0.2, 0.25) is 0 Å². The van der Waals surface area contributed by atoms with Gasteiger partial charge in [0.25, 0.3) is 0 Å². The summed E-state index contributed by atoms with van der Waals surface area (Å²) in [5.41, 5.74) is 0. The summed E-state index contributed by atoms with van der Waals surface area (Å²) in [5.74, 6) is 8.64. The molecule has 0 bridgehead atoms. The molecule has 0 aromatic heterocycles. The third-order valence-corrected chi connectivity index (χ3v) is 17.0. The summed E-state index contributed by atoms with van der Waals surface area (Å²) in [7, 11) is -6.36. The number of halogens is 15. The molecule has 0 unspecified atom stereocenters. The van der Waals surface area contributed by atoms with Crippen molar-refractivity contribution in [3.63, 3.8) is 0 Å². The van der Waals surface area contributed by atoms with Crippen LogP contribution in [0.1, 0.15) is 96.3 Å². The van der Waals surface area contributed by atoms with E-state index in [9.17, 15) is 0 Å². The molecular weight excluding hydrogens is 1520 g/mol. The van der Waals surface area contributed by atoms with E-state index in [1.165, 1.54) is 0 Å². The van der Waals surface area contributed by atoms with E-state index in [0.29, 0.717) is 187 Å². The fraction of sp³-hybridized carbons (Fsp3) is 1.00. The van der Waals surface area contributed by atoms with Crippen LogP contribution in [0.5, 0.6) is 0 Å². The molecule has 0 heterocycles. The second kappa shape index (κ2) is 95.1. The van der Waals surface area contributed by atoms with Gasteiger partial charge >= 0.3 is 43.0 Å². The molecule has 36 heteroatoms. The molecule has 0 saturated heterocycles. The van der Waals surface area contributed by atoms with Crippen LogP contribution in [-0.4, -0.2) is 187 Å². The van der Waals surface area contributed by atoms with Gasteiger partial charge in [-0.25, -0.2) is 0 Å². The van der Waals surface area contributed by atoms with Crippen molar-refractivity contribution in [3.8, 4) is 0 Å². The van der Waals surface area contributed by atoms with Gasteiger partial charge in [0, 0.05) is 105 Å². The summed E-state index contributed by atoms with van der Waals surface area (Å²) in [6.45, 7) is 8.29. The fourth-order valence-corrected chi connectivity index (χ4v) is 10.4. The predicted octanol–water partition coefficient (Wildman–Crippen LogP) is 20.7. The zero-order valence-corrected chi connectivity index (χ0v) is 63.1. The van der Waals surface area contributed by atoms with E-state index in [2.05, 4.69) is 0 Å². The van der Waals surface area contributed by atoms with Crippen molar-refractivity contribution in [2.75, 3.05) is 187 Å². The van der Waals surface area contributed by atoms with Crippen LogP contribution < -0.4 is 0 Å². The molecule has 0 amide bonds. The second-order valence-electron chi connectivity index (χ2n) is 14.3. The largest absolute Gasteiger partial charge is 0.332 e. The first-order valence-electron chi connectivity index (χ1n) is 26.1. The summed E-state index contributed by atoms with van der Waals surface area (Å²) in [4.78, 5) is 0. The Morgan fingerprint density at radius 2 is 0.198 bits per heavy atom. The Labute approximate surface area is 579 Å². The Morgan fingerprint density at radius 3 is 0.247 bits per heavy atom. The summed E-state index contributed by atoms with van der Waals surface area (Å²) in [6, 6.07) is 0. The fourth-order valence-electron chi connectivity index (χ4n) is 3.46. The topological polar surface area (TPSA) is 138 Å². The molecule has 15 nitrogen and oxygen atoms in total. The molecule has 0 radical (unpaired) electrons. The zero-order chi connectivity index (χ0) is 60.3. The molecule has 0 fully saturated rings. The number of rotatable bonds is 60. The van der Waals surface area contributed by atoms with Crippen LogP contribution in [0.15, 0.2) is 0 Å². The van der Waals surface area contributed by atoms with Crippen LogP contribution in [0.4, 0.5) is 0 Å². The Hall–Kier alpha value is 6.42. The van der Waals surface area contributed by atoms with Crippen LogP contribution >= 0.6 is 217 Å². The van der Waals surface area contributed by atoms with E-state index in [1.807, 2.05) is 0 Å². The van der Waals surface area contributed by atoms with E-state index in [0.717, 1.165) is 96.3 Å². The standard InChI is InChI=1S/5C9H18Cl3O3P.Fe/c5*10-4-1-7-13-16(14-8-2-5-11)15-9-3-6-12;/h5*1-9H2;. The van der Waals surface area contributed by atoms with Crippen molar-refractivity contribution in [1.29, 1.82) is 0 Å². The molecule has 0 aromatic rings. The summed E-state index contributed by atoms with van der Waals surface area (Å²) >= 11 is 83.2. The number of hydrogen-bond donors (Lipinski definition) is 0. The van der Waals surface area contributed by atoms with Gasteiger partial charge in [-0.15, -0.1) is 174 Å². The van der Waals surface area contributed by atoms with Gasteiger partial charge in [-0.3, -0.25) is 0 Å². The Balaban J connectivity index is -0.000000216. The molecule has 0 rings (SSSR count). The molecule has 0 aromatic carbocycles. The van der Waals surface area contributed by atoms with Gasteiger partial charge < -0.3 is 67.9 Å². The number of alkyl halides is 15. The Bertz CT molecular complexity index is 779. The van der Waals surface area contributed by atoms with Crippen molar-refractivity contribution in [3.05, 3.63) is 0 Å². The van der Waals surface area contributed by atoms with Gasteiger partial charge in [-0.05, 0) is 96.3 Å². The molecular formula is C45H90Cl15FeO15P5. The summed E-state index contributed by atoms with van der Waals surface area (Å²) in [6.07, 6.45) is 11.8. The average Bonchev–Trinajstić information content (AvgIpc) is 3.46. The Kier molecular flexibility index (Phi) is 116. The molecule has 0 aliphatic carbocycles. The summed E-state index contributed by atoms with van der Waals surface area (Å²) < 4.78 is 81.4. The monoisotopic (exact) mass is 1610 g/mol. The van der Waals surface area contributed by atoms with Crippen molar-refractivity contribution in [1.82, 2.24) is 0 Å². The second-order valence-corrected chi connectivity index (χ2v) is 26.0. The average molecular weight is 1610 g/mol. The van der Waals surface area contributed by atoms with Gasteiger partial charge in [-0.1, -0.05) is 0 Å². The van der Waals surface area contributed by atoms with Gasteiger partial charge in [0.15, 0.2) is 0 Å². The molecule has 0 N–H and O–H groups in total. The zero-order valence-electron chi connectivity index (χ0n) is 46.2. The van der Waals surface area contributed by atoms with E-state index in [1.54, 1.807) is 0 Å². The smallest absolute Gasteiger partial charge is 0.312 e. The minimum Gasteiger partial charge on any atom is -0.312 e. The van der Waals surface area contributed by atoms with Crippen molar-refractivity contribution in [2.45, 2.75) is 96.3 Å². The van der Waals surface area contributed by atoms with Crippen LogP contribution in [0.25, 0.3) is 0 Å². The van der Waals surface area contributed by atoms with Crippen molar-refractivity contribution < 1.29 is 84.9 Å². The van der Waals surface area contributed by atoms with E-state index in [4.69, 9.17) is 242 Å². The summed E-state index contributed by atoms with van der Waals surface area (Å²) in [5, 5.41) is 0. The van der Waals surface area contributed by atoms with Crippen LogP contribution in [-0.2, 0) is 84.9 Å². The molecule has 0 spiro atoms. The van der Waals surface area contributed by atoms with Crippen molar-refractivity contribution in [2.24, 2.45) is 0 Å². The van der Waals surface area contributed by atoms with E-state index < -0.39 is 43.0 Å². The Morgan fingerprint density at radius 1 is 0.136 bits per heavy atom. The maximum Gasteiger partial charge on any atom is 0.332 e. The first-order valence-corrected chi connectivity index (χ1v) is 39.6. The maximum atomic E-state index is 5.55. The molecule has 81 heavy (non-hydrogen) atoms. The predicted molar refractivity (Wildman–Crippen MR) is 354 cm³/mol. The SMILES string of the molecule is ClCCCOP(OCCCCl)OCCCCl.ClCCCOP(OCCCCl)OCCCCl.ClCCCOP(OCCCCl)OCCCCl.ClCCCOP(OCCCCl)OCCCCl.ClCCCOP(OCCCCl)OCCCCl.[Fe]. The maximum absolute atomic E-state index is 5.55. The number of hydrogen-bond acceptors (Lipinski definition) is 15. The third-order valence-electron chi connectivity index (χ3n) is 7.12. The normalized spacial score (nSPS) is 11.1. The first kappa shape index (κ1) is 98.5. The molecule has 0 aliphatic heterocycles. The molecule has 0 atom stereocenters. The van der Waals surface area contributed by atoms with Crippen molar-refractivity contribution >= 4 is 217 Å².